The number of hydrogen-bond acceptors (Lipinski definition) is 4. The molecule has 0 spiro atoms. The maximum absolute atomic E-state index is 12.0. The zero-order valence-corrected chi connectivity index (χ0v) is 12.3. The molecule has 0 unspecified atom stereocenters. The van der Waals surface area contributed by atoms with Gasteiger partial charge in [-0.05, 0) is 43.1 Å². The lowest BCUT2D eigenvalue weighted by Gasteiger charge is -2.09. The van der Waals surface area contributed by atoms with E-state index >= 15 is 0 Å². The highest BCUT2D eigenvalue weighted by Gasteiger charge is 2.16. The van der Waals surface area contributed by atoms with Gasteiger partial charge in [0, 0.05) is 10.6 Å². The fourth-order valence-electron chi connectivity index (χ4n) is 1.74. The number of phenolic OH excluding ortho intramolecular Hbond substituents is 1. The van der Waals surface area contributed by atoms with Gasteiger partial charge >= 0.3 is 0 Å². The van der Waals surface area contributed by atoms with Crippen LogP contribution in [0.2, 0.25) is 10.2 Å². The van der Waals surface area contributed by atoms with Crippen LogP contribution in [0.15, 0.2) is 16.7 Å². The minimum atomic E-state index is -0.352. The van der Waals surface area contributed by atoms with E-state index in [0.29, 0.717) is 21.8 Å². The summed E-state index contributed by atoms with van der Waals surface area (Å²) in [6, 6.07) is 3.08. The van der Waals surface area contributed by atoms with Gasteiger partial charge in [0.15, 0.2) is 0 Å². The van der Waals surface area contributed by atoms with Crippen molar-refractivity contribution in [2.75, 3.05) is 5.32 Å². The van der Waals surface area contributed by atoms with Crippen molar-refractivity contribution in [3.63, 3.8) is 0 Å². The van der Waals surface area contributed by atoms with Gasteiger partial charge in [-0.25, -0.2) is 0 Å². The van der Waals surface area contributed by atoms with Crippen LogP contribution in [-0.4, -0.2) is 16.2 Å². The van der Waals surface area contributed by atoms with Crippen molar-refractivity contribution in [2.45, 2.75) is 20.3 Å². The first-order valence-corrected chi connectivity index (χ1v) is 6.53. The molecule has 0 fully saturated rings. The van der Waals surface area contributed by atoms with E-state index in [2.05, 4.69) is 10.5 Å². The minimum absolute atomic E-state index is 0.000826. The number of nitrogens with zero attached hydrogens (tertiary/aromatic N) is 1. The van der Waals surface area contributed by atoms with Gasteiger partial charge in [0.25, 0.3) is 0 Å². The van der Waals surface area contributed by atoms with E-state index in [0.717, 1.165) is 0 Å². The summed E-state index contributed by atoms with van der Waals surface area (Å²) in [5.74, 6) is -0.369. The van der Waals surface area contributed by atoms with Gasteiger partial charge in [-0.3, -0.25) is 4.79 Å². The molecule has 0 aliphatic rings. The van der Waals surface area contributed by atoms with Crippen LogP contribution in [0.1, 0.15) is 16.8 Å². The lowest BCUT2D eigenvalue weighted by atomic mass is 10.1. The first kappa shape index (κ1) is 14.7. The van der Waals surface area contributed by atoms with E-state index in [4.69, 9.17) is 27.7 Å². The highest BCUT2D eigenvalue weighted by molar-refractivity contribution is 6.31. The first-order chi connectivity index (χ1) is 9.38. The largest absolute Gasteiger partial charge is 0.505 e. The summed E-state index contributed by atoms with van der Waals surface area (Å²) in [4.78, 5) is 12.0. The van der Waals surface area contributed by atoms with Crippen LogP contribution in [0.3, 0.4) is 0 Å². The molecule has 2 N–H and O–H groups in total. The maximum Gasteiger partial charge on any atom is 0.229 e. The minimum Gasteiger partial charge on any atom is -0.505 e. The summed E-state index contributed by atoms with van der Waals surface area (Å²) >= 11 is 11.7. The third-order valence-electron chi connectivity index (χ3n) is 2.81. The Morgan fingerprint density at radius 2 is 2.10 bits per heavy atom. The van der Waals surface area contributed by atoms with E-state index in [9.17, 15) is 9.90 Å². The second-order valence-electron chi connectivity index (χ2n) is 4.36. The van der Waals surface area contributed by atoms with Crippen molar-refractivity contribution >= 4 is 34.8 Å². The molecule has 2 rings (SSSR count). The molecule has 1 heterocycles. The molecule has 0 saturated heterocycles. The summed E-state index contributed by atoms with van der Waals surface area (Å²) < 4.78 is 4.77. The molecule has 1 aromatic heterocycles. The SMILES string of the molecule is Cc1cc(Cl)cc(NC(=O)Cc2c(C)noc2Cl)c1O. The Morgan fingerprint density at radius 3 is 2.70 bits per heavy atom. The molecule has 0 saturated carbocycles. The Balaban J connectivity index is 2.17. The molecule has 2 aromatic rings. The van der Waals surface area contributed by atoms with Crippen molar-refractivity contribution in [2.24, 2.45) is 0 Å². The van der Waals surface area contributed by atoms with Crippen molar-refractivity contribution in [1.29, 1.82) is 0 Å². The monoisotopic (exact) mass is 314 g/mol. The Bertz CT molecular complexity index is 648. The standard InChI is InChI=1S/C13H12Cl2N2O3/c1-6-3-8(14)4-10(12(6)19)16-11(18)5-9-7(2)17-20-13(9)15/h3-4,19H,5H2,1-2H3,(H,16,18). The number of aromatic hydroxyl groups is 1. The van der Waals surface area contributed by atoms with Crippen LogP contribution < -0.4 is 5.32 Å². The molecule has 106 valence electrons. The molecule has 5 nitrogen and oxygen atoms in total. The molecule has 0 bridgehead atoms. The van der Waals surface area contributed by atoms with E-state index in [1.54, 1.807) is 19.9 Å². The molecule has 20 heavy (non-hydrogen) atoms. The Hall–Kier alpha value is -1.72. The first-order valence-electron chi connectivity index (χ1n) is 5.78. The molecule has 0 aliphatic heterocycles. The summed E-state index contributed by atoms with van der Waals surface area (Å²) in [6.07, 6.45) is -0.000826. The predicted molar refractivity (Wildman–Crippen MR) is 76.4 cm³/mol. The lowest BCUT2D eigenvalue weighted by molar-refractivity contribution is -0.115. The van der Waals surface area contributed by atoms with E-state index in [1.807, 2.05) is 0 Å². The van der Waals surface area contributed by atoms with Crippen LogP contribution in [0, 0.1) is 13.8 Å². The second kappa shape index (κ2) is 5.73. The highest BCUT2D eigenvalue weighted by atomic mass is 35.5. The van der Waals surface area contributed by atoms with Crippen molar-refractivity contribution in [3.8, 4) is 5.75 Å². The number of hydrogen-bond donors (Lipinski definition) is 2. The molecule has 0 aliphatic carbocycles. The van der Waals surface area contributed by atoms with Gasteiger partial charge in [0.1, 0.15) is 5.75 Å². The number of carbonyl (C=O) groups is 1. The molecule has 1 aromatic carbocycles. The lowest BCUT2D eigenvalue weighted by Crippen LogP contribution is -2.15. The van der Waals surface area contributed by atoms with Crippen LogP contribution in [-0.2, 0) is 11.2 Å². The summed E-state index contributed by atoms with van der Waals surface area (Å²) in [5, 5.41) is 16.6. The number of carbonyl (C=O) groups excluding carboxylic acids is 1. The van der Waals surface area contributed by atoms with Gasteiger partial charge in [-0.2, -0.15) is 0 Å². The maximum atomic E-state index is 12.0. The number of anilines is 1. The normalized spacial score (nSPS) is 10.6. The number of benzene rings is 1. The average Bonchev–Trinajstić information content (AvgIpc) is 2.67. The number of amides is 1. The number of phenols is 1. The summed E-state index contributed by atoms with van der Waals surface area (Å²) in [5.41, 5.74) is 1.90. The van der Waals surface area contributed by atoms with E-state index in [-0.39, 0.29) is 29.0 Å². The van der Waals surface area contributed by atoms with Gasteiger partial charge in [0.05, 0.1) is 17.8 Å². The molecule has 7 heteroatoms. The van der Waals surface area contributed by atoms with Crippen molar-refractivity contribution in [3.05, 3.63) is 39.2 Å². The fourth-order valence-corrected chi connectivity index (χ4v) is 2.25. The molecule has 0 atom stereocenters. The fraction of sp³-hybridized carbons (Fsp3) is 0.231. The van der Waals surface area contributed by atoms with Gasteiger partial charge in [0.2, 0.25) is 11.1 Å². The zero-order chi connectivity index (χ0) is 14.9. The number of nitrogens with one attached hydrogen (secondary N) is 1. The summed E-state index contributed by atoms with van der Waals surface area (Å²) in [6.45, 7) is 3.39. The van der Waals surface area contributed by atoms with Gasteiger partial charge in [-0.1, -0.05) is 16.8 Å². The Kier molecular flexibility index (Phi) is 4.20. The average molecular weight is 315 g/mol. The van der Waals surface area contributed by atoms with Gasteiger partial charge in [-0.15, -0.1) is 0 Å². The third-order valence-corrected chi connectivity index (χ3v) is 3.33. The number of rotatable bonds is 3. The molecular weight excluding hydrogens is 303 g/mol. The zero-order valence-electron chi connectivity index (χ0n) is 10.8. The number of aryl methyl sites for hydroxylation is 2. The Morgan fingerprint density at radius 1 is 1.40 bits per heavy atom. The predicted octanol–water partition coefficient (Wildman–Crippen LogP) is 3.49. The van der Waals surface area contributed by atoms with Crippen molar-refractivity contribution < 1.29 is 14.4 Å². The van der Waals surface area contributed by atoms with Crippen LogP contribution in [0.25, 0.3) is 0 Å². The smallest absolute Gasteiger partial charge is 0.229 e. The molecular formula is C13H12Cl2N2O3. The van der Waals surface area contributed by atoms with Crippen LogP contribution in [0.4, 0.5) is 5.69 Å². The highest BCUT2D eigenvalue weighted by Crippen LogP contribution is 2.31. The second-order valence-corrected chi connectivity index (χ2v) is 5.14. The number of halogens is 2. The molecule has 1 amide bonds. The quantitative estimate of drug-likeness (QED) is 0.850. The topological polar surface area (TPSA) is 75.4 Å². The summed E-state index contributed by atoms with van der Waals surface area (Å²) in [7, 11) is 0. The van der Waals surface area contributed by atoms with E-state index in [1.165, 1.54) is 6.07 Å². The third kappa shape index (κ3) is 3.05. The van der Waals surface area contributed by atoms with E-state index < -0.39 is 0 Å². The van der Waals surface area contributed by atoms with Crippen LogP contribution in [0.5, 0.6) is 5.75 Å². The molecule has 0 radical (unpaired) electrons. The van der Waals surface area contributed by atoms with Gasteiger partial charge < -0.3 is 14.9 Å². The number of aromatic nitrogens is 1. The Labute approximate surface area is 125 Å². The van der Waals surface area contributed by atoms with Crippen LogP contribution >= 0.6 is 23.2 Å². The van der Waals surface area contributed by atoms with Crippen molar-refractivity contribution in [1.82, 2.24) is 5.16 Å².